The number of Topliss-reactive ketones (excluding diaryl/α,β-unsaturated/α-hetero) is 1. The Morgan fingerprint density at radius 2 is 1.77 bits per heavy atom. The molecule has 6 nitrogen and oxygen atoms in total. The van der Waals surface area contributed by atoms with E-state index < -0.39 is 5.54 Å². The first-order valence-corrected chi connectivity index (χ1v) is 9.34. The second-order valence-corrected chi connectivity index (χ2v) is 7.71. The van der Waals surface area contributed by atoms with Crippen LogP contribution in [0.5, 0.6) is 0 Å². The summed E-state index contributed by atoms with van der Waals surface area (Å²) < 4.78 is 0. The molecule has 3 rings (SSSR count). The van der Waals surface area contributed by atoms with Crippen LogP contribution in [0.1, 0.15) is 43.5 Å². The molecule has 26 heavy (non-hydrogen) atoms. The molecule has 0 aromatic heterocycles. The normalized spacial score (nSPS) is 21.1. The van der Waals surface area contributed by atoms with Gasteiger partial charge in [0, 0.05) is 18.0 Å². The van der Waals surface area contributed by atoms with Crippen LogP contribution in [-0.4, -0.2) is 59.2 Å². The maximum atomic E-state index is 12.5. The van der Waals surface area contributed by atoms with Crippen molar-refractivity contribution in [2.75, 3.05) is 26.2 Å². The van der Waals surface area contributed by atoms with Gasteiger partial charge in [-0.3, -0.25) is 14.5 Å². The molecule has 1 aromatic carbocycles. The van der Waals surface area contributed by atoms with E-state index in [-0.39, 0.29) is 23.6 Å². The molecule has 0 aliphatic carbocycles. The third kappa shape index (κ3) is 3.96. The number of carbonyl (C=O) groups is 3. The second kappa shape index (κ2) is 7.58. The Hall–Kier alpha value is -2.21. The van der Waals surface area contributed by atoms with Crippen LogP contribution >= 0.6 is 0 Å². The van der Waals surface area contributed by atoms with E-state index in [1.165, 1.54) is 4.90 Å². The number of hydrogen-bond acceptors (Lipinski definition) is 4. The first kappa shape index (κ1) is 18.6. The fraction of sp³-hybridized carbons (Fsp3) is 0.550. The van der Waals surface area contributed by atoms with Gasteiger partial charge in [-0.2, -0.15) is 0 Å². The van der Waals surface area contributed by atoms with Gasteiger partial charge < -0.3 is 10.2 Å². The van der Waals surface area contributed by atoms with Crippen LogP contribution in [-0.2, 0) is 4.79 Å². The van der Waals surface area contributed by atoms with E-state index in [1.807, 2.05) is 30.3 Å². The molecular formula is C20H27N3O3. The van der Waals surface area contributed by atoms with Crippen LogP contribution in [0.2, 0.25) is 0 Å². The standard InChI is InChI=1S/C20H27N3O3/c1-20(2)18(25)23(19(26)21-20)12-6-11-22-13-9-16(10-14-22)17(24)15-7-4-3-5-8-15/h3-5,7-8,16H,6,9-14H2,1-2H3,(H,21,26). The third-order valence-electron chi connectivity index (χ3n) is 5.32. The van der Waals surface area contributed by atoms with Crippen molar-refractivity contribution in [2.24, 2.45) is 5.92 Å². The monoisotopic (exact) mass is 357 g/mol. The Bertz CT molecular complexity index is 679. The molecule has 140 valence electrons. The molecule has 2 fully saturated rings. The molecule has 2 aliphatic heterocycles. The van der Waals surface area contributed by atoms with Gasteiger partial charge in [0.1, 0.15) is 5.54 Å². The van der Waals surface area contributed by atoms with Gasteiger partial charge in [0.2, 0.25) is 0 Å². The highest BCUT2D eigenvalue weighted by atomic mass is 16.2. The molecule has 0 bridgehead atoms. The summed E-state index contributed by atoms with van der Waals surface area (Å²) in [6, 6.07) is 9.19. The number of likely N-dealkylation sites (tertiary alicyclic amines) is 1. The molecular weight excluding hydrogens is 330 g/mol. The zero-order valence-electron chi connectivity index (χ0n) is 15.5. The number of urea groups is 1. The van der Waals surface area contributed by atoms with Crippen LogP contribution in [0.4, 0.5) is 4.79 Å². The average molecular weight is 357 g/mol. The van der Waals surface area contributed by atoms with Crippen LogP contribution < -0.4 is 5.32 Å². The maximum Gasteiger partial charge on any atom is 0.325 e. The van der Waals surface area contributed by atoms with Crippen molar-refractivity contribution >= 4 is 17.7 Å². The molecule has 2 saturated heterocycles. The minimum atomic E-state index is -0.798. The fourth-order valence-corrected chi connectivity index (χ4v) is 3.73. The van der Waals surface area contributed by atoms with Crippen molar-refractivity contribution in [2.45, 2.75) is 38.6 Å². The van der Waals surface area contributed by atoms with Gasteiger partial charge in [-0.25, -0.2) is 4.79 Å². The van der Waals surface area contributed by atoms with Crippen LogP contribution in [0.25, 0.3) is 0 Å². The van der Waals surface area contributed by atoms with Gasteiger partial charge in [0.15, 0.2) is 5.78 Å². The molecule has 0 spiro atoms. The summed E-state index contributed by atoms with van der Waals surface area (Å²) in [5.74, 6) is 0.182. The highest BCUT2D eigenvalue weighted by Crippen LogP contribution is 2.22. The van der Waals surface area contributed by atoms with Gasteiger partial charge in [0.25, 0.3) is 5.91 Å². The van der Waals surface area contributed by atoms with Crippen molar-refractivity contribution < 1.29 is 14.4 Å². The zero-order chi connectivity index (χ0) is 18.7. The Morgan fingerprint density at radius 1 is 1.12 bits per heavy atom. The van der Waals surface area contributed by atoms with E-state index in [1.54, 1.807) is 13.8 Å². The third-order valence-corrected chi connectivity index (χ3v) is 5.32. The van der Waals surface area contributed by atoms with Gasteiger partial charge >= 0.3 is 6.03 Å². The zero-order valence-corrected chi connectivity index (χ0v) is 15.5. The number of rotatable bonds is 6. The van der Waals surface area contributed by atoms with E-state index in [9.17, 15) is 14.4 Å². The summed E-state index contributed by atoms with van der Waals surface area (Å²) >= 11 is 0. The number of amides is 3. The molecule has 3 amide bonds. The number of ketones is 1. The van der Waals surface area contributed by atoms with Crippen molar-refractivity contribution in [3.05, 3.63) is 35.9 Å². The number of benzene rings is 1. The smallest absolute Gasteiger partial charge is 0.324 e. The highest BCUT2D eigenvalue weighted by molar-refractivity contribution is 6.06. The van der Waals surface area contributed by atoms with Crippen molar-refractivity contribution in [3.63, 3.8) is 0 Å². The van der Waals surface area contributed by atoms with E-state index in [4.69, 9.17) is 0 Å². The number of carbonyl (C=O) groups excluding carboxylic acids is 3. The molecule has 2 heterocycles. The van der Waals surface area contributed by atoms with E-state index in [2.05, 4.69) is 10.2 Å². The van der Waals surface area contributed by atoms with Gasteiger partial charge in [0.05, 0.1) is 0 Å². The number of piperidine rings is 1. The predicted octanol–water partition coefficient (Wildman–Crippen LogP) is 2.30. The first-order chi connectivity index (χ1) is 12.4. The molecule has 1 aromatic rings. The lowest BCUT2D eigenvalue weighted by Gasteiger charge is -2.31. The Morgan fingerprint density at radius 3 is 2.35 bits per heavy atom. The summed E-state index contributed by atoms with van der Waals surface area (Å²) in [5, 5.41) is 2.70. The van der Waals surface area contributed by atoms with E-state index >= 15 is 0 Å². The van der Waals surface area contributed by atoms with Crippen molar-refractivity contribution in [1.82, 2.24) is 15.1 Å². The number of imide groups is 1. The first-order valence-electron chi connectivity index (χ1n) is 9.34. The van der Waals surface area contributed by atoms with Crippen LogP contribution in [0.3, 0.4) is 0 Å². The van der Waals surface area contributed by atoms with E-state index in [0.29, 0.717) is 6.54 Å². The summed E-state index contributed by atoms with van der Waals surface area (Å²) in [6.45, 7) is 6.49. The number of hydrogen-bond donors (Lipinski definition) is 1. The minimum Gasteiger partial charge on any atom is -0.324 e. The fourth-order valence-electron chi connectivity index (χ4n) is 3.73. The van der Waals surface area contributed by atoms with Crippen LogP contribution in [0.15, 0.2) is 30.3 Å². The lowest BCUT2D eigenvalue weighted by atomic mass is 9.89. The van der Waals surface area contributed by atoms with Gasteiger partial charge in [-0.1, -0.05) is 30.3 Å². The summed E-state index contributed by atoms with van der Waals surface area (Å²) in [7, 11) is 0. The van der Waals surface area contributed by atoms with Crippen molar-refractivity contribution in [3.8, 4) is 0 Å². The summed E-state index contributed by atoms with van der Waals surface area (Å²) in [5.41, 5.74) is -0.000122. The highest BCUT2D eigenvalue weighted by Gasteiger charge is 2.43. The van der Waals surface area contributed by atoms with Gasteiger partial charge in [-0.05, 0) is 52.7 Å². The topological polar surface area (TPSA) is 69.7 Å². The average Bonchev–Trinajstić information content (AvgIpc) is 2.84. The van der Waals surface area contributed by atoms with Gasteiger partial charge in [-0.15, -0.1) is 0 Å². The van der Waals surface area contributed by atoms with Crippen LogP contribution in [0, 0.1) is 5.92 Å². The lowest BCUT2D eigenvalue weighted by Crippen LogP contribution is -2.41. The molecule has 0 unspecified atom stereocenters. The molecule has 0 atom stereocenters. The Kier molecular flexibility index (Phi) is 5.41. The molecule has 0 radical (unpaired) electrons. The SMILES string of the molecule is CC1(C)NC(=O)N(CCCN2CCC(C(=O)c3ccccc3)CC2)C1=O. The maximum absolute atomic E-state index is 12.5. The molecule has 0 saturated carbocycles. The molecule has 2 aliphatic rings. The molecule has 6 heteroatoms. The minimum absolute atomic E-state index is 0.0976. The van der Waals surface area contributed by atoms with E-state index in [0.717, 1.165) is 44.5 Å². The Labute approximate surface area is 154 Å². The molecule has 1 N–H and O–H groups in total. The number of nitrogens with one attached hydrogen (secondary N) is 1. The van der Waals surface area contributed by atoms with Crippen molar-refractivity contribution in [1.29, 1.82) is 0 Å². The summed E-state index contributed by atoms with van der Waals surface area (Å²) in [6.07, 6.45) is 2.49. The lowest BCUT2D eigenvalue weighted by molar-refractivity contribution is -0.130. The Balaban J connectivity index is 1.42. The predicted molar refractivity (Wildman–Crippen MR) is 98.9 cm³/mol. The largest absolute Gasteiger partial charge is 0.325 e. The second-order valence-electron chi connectivity index (χ2n) is 7.71. The summed E-state index contributed by atoms with van der Waals surface area (Å²) in [4.78, 5) is 40.2. The quantitative estimate of drug-likeness (QED) is 0.626. The number of nitrogens with zero attached hydrogens (tertiary/aromatic N) is 2.